The van der Waals surface area contributed by atoms with Crippen LogP contribution in [0.25, 0.3) is 16.6 Å². The number of hydrogen-bond donors (Lipinski definition) is 0. The number of carbonyl (C=O) groups excluding carboxylic acids is 2. The molecule has 6 rings (SSSR count). The van der Waals surface area contributed by atoms with Crippen LogP contribution in [0.4, 0.5) is 13.2 Å². The van der Waals surface area contributed by atoms with Crippen LogP contribution in [0.1, 0.15) is 20.7 Å². The fourth-order valence-corrected chi connectivity index (χ4v) is 5.40. The van der Waals surface area contributed by atoms with Crippen LogP contribution < -0.4 is 4.74 Å². The number of amides is 2. The van der Waals surface area contributed by atoms with Crippen molar-refractivity contribution in [2.75, 3.05) is 39.3 Å². The molecule has 3 heterocycles. The summed E-state index contributed by atoms with van der Waals surface area (Å²) in [5.41, 5.74) is 2.82. The first-order chi connectivity index (χ1) is 19.2. The number of rotatable bonds is 5. The van der Waals surface area contributed by atoms with Gasteiger partial charge in [0.2, 0.25) is 0 Å². The van der Waals surface area contributed by atoms with Crippen molar-refractivity contribution in [2.24, 2.45) is 0 Å². The van der Waals surface area contributed by atoms with Gasteiger partial charge in [-0.3, -0.25) is 14.5 Å². The third-order valence-corrected chi connectivity index (χ3v) is 7.57. The lowest BCUT2D eigenvalue weighted by Gasteiger charge is -2.48. The first-order valence-electron chi connectivity index (χ1n) is 13.1. The monoisotopic (exact) mass is 548 g/mol. The molecule has 3 aromatic carbocycles. The third kappa shape index (κ3) is 5.27. The van der Waals surface area contributed by atoms with Gasteiger partial charge in [-0.15, -0.1) is 13.2 Å². The van der Waals surface area contributed by atoms with E-state index in [2.05, 4.69) is 9.64 Å². The number of carbonyl (C=O) groups is 2. The maximum Gasteiger partial charge on any atom is 0.573 e. The molecule has 40 heavy (non-hydrogen) atoms. The zero-order valence-electron chi connectivity index (χ0n) is 21.6. The van der Waals surface area contributed by atoms with Gasteiger partial charge in [0.15, 0.2) is 0 Å². The van der Waals surface area contributed by atoms with Gasteiger partial charge in [0.05, 0.1) is 5.52 Å². The molecule has 0 N–H and O–H groups in total. The second kappa shape index (κ2) is 10.3. The molecule has 7 nitrogen and oxygen atoms in total. The zero-order valence-corrected chi connectivity index (χ0v) is 21.6. The number of nitrogens with zero attached hydrogens (tertiary/aromatic N) is 4. The summed E-state index contributed by atoms with van der Waals surface area (Å²) in [7, 11) is 0. The summed E-state index contributed by atoms with van der Waals surface area (Å²) >= 11 is 0. The molecular weight excluding hydrogens is 521 g/mol. The first-order valence-corrected chi connectivity index (χ1v) is 13.1. The van der Waals surface area contributed by atoms with Crippen LogP contribution >= 0.6 is 0 Å². The number of alkyl halides is 3. The van der Waals surface area contributed by atoms with E-state index in [1.165, 1.54) is 12.1 Å². The maximum atomic E-state index is 13.2. The van der Waals surface area contributed by atoms with Crippen molar-refractivity contribution in [3.63, 3.8) is 0 Å². The molecule has 0 unspecified atom stereocenters. The van der Waals surface area contributed by atoms with E-state index in [1.54, 1.807) is 18.2 Å². The largest absolute Gasteiger partial charge is 0.573 e. The Bertz CT molecular complexity index is 1520. The van der Waals surface area contributed by atoms with Crippen LogP contribution in [-0.2, 0) is 0 Å². The Morgan fingerprint density at radius 3 is 2.10 bits per heavy atom. The SMILES string of the molecule is O=C(c1ccccc1)N1CCN(C2CN(C(=O)c3ccc4c(ccn4-c4ccc(OC(F)(F)F)cc4)c3)C2)CC1. The molecule has 0 atom stereocenters. The summed E-state index contributed by atoms with van der Waals surface area (Å²) in [5, 5.41) is 0.859. The molecular formula is C30H27F3N4O3. The molecule has 206 valence electrons. The predicted octanol–water partition coefficient (Wildman–Crippen LogP) is 4.81. The average molecular weight is 549 g/mol. The summed E-state index contributed by atoms with van der Waals surface area (Å²) in [5.74, 6) is -0.254. The van der Waals surface area contributed by atoms with Crippen molar-refractivity contribution in [2.45, 2.75) is 12.4 Å². The lowest BCUT2D eigenvalue weighted by atomic mass is 10.0. The van der Waals surface area contributed by atoms with Crippen LogP contribution in [-0.4, -0.2) is 82.8 Å². The number of halogens is 3. The first kappa shape index (κ1) is 25.9. The highest BCUT2D eigenvalue weighted by atomic mass is 19.4. The van der Waals surface area contributed by atoms with Gasteiger partial charge in [-0.2, -0.15) is 0 Å². The highest BCUT2D eigenvalue weighted by molar-refractivity contribution is 5.99. The van der Waals surface area contributed by atoms with Crippen molar-refractivity contribution in [3.8, 4) is 11.4 Å². The van der Waals surface area contributed by atoms with E-state index in [-0.39, 0.29) is 23.6 Å². The van der Waals surface area contributed by atoms with E-state index in [0.29, 0.717) is 43.0 Å². The van der Waals surface area contributed by atoms with Gasteiger partial charge in [0.25, 0.3) is 11.8 Å². The predicted molar refractivity (Wildman–Crippen MR) is 144 cm³/mol. The molecule has 2 aliphatic heterocycles. The highest BCUT2D eigenvalue weighted by Crippen LogP contribution is 2.27. The molecule has 0 aliphatic carbocycles. The highest BCUT2D eigenvalue weighted by Gasteiger charge is 2.37. The quantitative estimate of drug-likeness (QED) is 0.359. The molecule has 0 bridgehead atoms. The van der Waals surface area contributed by atoms with Crippen molar-refractivity contribution >= 4 is 22.7 Å². The van der Waals surface area contributed by atoms with Crippen LogP contribution in [0.5, 0.6) is 5.75 Å². The molecule has 2 saturated heterocycles. The number of ether oxygens (including phenoxy) is 1. The van der Waals surface area contributed by atoms with Gasteiger partial charge in [-0.1, -0.05) is 18.2 Å². The lowest BCUT2D eigenvalue weighted by Crippen LogP contribution is -2.64. The summed E-state index contributed by atoms with van der Waals surface area (Å²) in [6.45, 7) is 4.21. The normalized spacial score (nSPS) is 16.7. The molecule has 2 fully saturated rings. The molecule has 0 radical (unpaired) electrons. The van der Waals surface area contributed by atoms with Gasteiger partial charge >= 0.3 is 6.36 Å². The van der Waals surface area contributed by atoms with E-state index in [4.69, 9.17) is 0 Å². The van der Waals surface area contributed by atoms with Gasteiger partial charge in [0.1, 0.15) is 5.75 Å². The van der Waals surface area contributed by atoms with Crippen molar-refractivity contribution < 1.29 is 27.5 Å². The molecule has 1 aromatic heterocycles. The molecule has 0 saturated carbocycles. The Balaban J connectivity index is 1.04. The van der Waals surface area contributed by atoms with Gasteiger partial charge < -0.3 is 19.1 Å². The van der Waals surface area contributed by atoms with Gasteiger partial charge in [-0.25, -0.2) is 0 Å². The number of likely N-dealkylation sites (tertiary alicyclic amines) is 1. The third-order valence-electron chi connectivity index (χ3n) is 7.57. The maximum absolute atomic E-state index is 13.2. The van der Waals surface area contributed by atoms with Crippen LogP contribution in [0.2, 0.25) is 0 Å². The molecule has 0 spiro atoms. The van der Waals surface area contributed by atoms with E-state index >= 15 is 0 Å². The lowest BCUT2D eigenvalue weighted by molar-refractivity contribution is -0.274. The fraction of sp³-hybridized carbons (Fsp3) is 0.267. The van der Waals surface area contributed by atoms with E-state index < -0.39 is 6.36 Å². The number of piperazine rings is 1. The van der Waals surface area contributed by atoms with Crippen molar-refractivity contribution in [1.82, 2.24) is 19.3 Å². The van der Waals surface area contributed by atoms with E-state index in [0.717, 1.165) is 24.0 Å². The van der Waals surface area contributed by atoms with Gasteiger partial charge in [-0.05, 0) is 60.7 Å². The van der Waals surface area contributed by atoms with Crippen LogP contribution in [0, 0.1) is 0 Å². The molecule has 2 amide bonds. The Kier molecular flexibility index (Phi) is 6.71. The smallest absolute Gasteiger partial charge is 0.406 e. The Morgan fingerprint density at radius 1 is 0.750 bits per heavy atom. The van der Waals surface area contributed by atoms with Crippen LogP contribution in [0.15, 0.2) is 85.1 Å². The number of hydrogen-bond acceptors (Lipinski definition) is 4. The Morgan fingerprint density at radius 2 is 1.43 bits per heavy atom. The second-order valence-corrected chi connectivity index (χ2v) is 10.1. The minimum atomic E-state index is -4.74. The number of benzene rings is 3. The topological polar surface area (TPSA) is 58.0 Å². The summed E-state index contributed by atoms with van der Waals surface area (Å²) in [6.07, 6.45) is -2.92. The minimum Gasteiger partial charge on any atom is -0.406 e. The zero-order chi connectivity index (χ0) is 27.9. The average Bonchev–Trinajstić information content (AvgIpc) is 3.35. The Labute approximate surface area is 228 Å². The summed E-state index contributed by atoms with van der Waals surface area (Å²) in [4.78, 5) is 31.9. The Hall–Kier alpha value is -4.31. The van der Waals surface area contributed by atoms with Crippen molar-refractivity contribution in [3.05, 3.63) is 96.2 Å². The number of aromatic nitrogens is 1. The summed E-state index contributed by atoms with van der Waals surface area (Å²) < 4.78 is 43.1. The standard InChI is InChI=1S/C30H27F3N4O3/c31-30(32,33)40-26-9-7-24(8-10-26)37-13-12-22-18-23(6-11-27(22)37)29(39)36-19-25(20-36)34-14-16-35(17-15-34)28(38)21-4-2-1-3-5-21/h1-13,18,25H,14-17,19-20H2. The molecule has 10 heteroatoms. The minimum absolute atomic E-state index is 0.0301. The second-order valence-electron chi connectivity index (χ2n) is 10.1. The van der Waals surface area contributed by atoms with E-state index in [9.17, 15) is 22.8 Å². The molecule has 2 aliphatic rings. The van der Waals surface area contributed by atoms with E-state index in [1.807, 2.05) is 69.1 Å². The summed E-state index contributed by atoms with van der Waals surface area (Å²) in [6, 6.07) is 22.6. The molecule has 4 aromatic rings. The van der Waals surface area contributed by atoms with Crippen molar-refractivity contribution in [1.29, 1.82) is 0 Å². The van der Waals surface area contributed by atoms with Gasteiger partial charge in [0, 0.05) is 73.7 Å². The number of fused-ring (bicyclic) bond motifs is 1. The van der Waals surface area contributed by atoms with Crippen LogP contribution in [0.3, 0.4) is 0 Å². The fourth-order valence-electron chi connectivity index (χ4n) is 5.40.